The van der Waals surface area contributed by atoms with Crippen molar-refractivity contribution in [1.82, 2.24) is 10.2 Å². The van der Waals surface area contributed by atoms with Crippen molar-refractivity contribution < 1.29 is 18.0 Å². The van der Waals surface area contributed by atoms with Gasteiger partial charge in [-0.15, -0.1) is 0 Å². The van der Waals surface area contributed by atoms with E-state index in [1.165, 1.54) is 17.0 Å². The van der Waals surface area contributed by atoms with Crippen LogP contribution in [0, 0.1) is 6.92 Å². The van der Waals surface area contributed by atoms with Gasteiger partial charge < -0.3 is 10.2 Å². The lowest BCUT2D eigenvalue weighted by atomic mass is 10.0. The molecule has 44 heavy (non-hydrogen) atoms. The molecule has 1 atom stereocenters. The molecule has 0 unspecified atom stereocenters. The van der Waals surface area contributed by atoms with Gasteiger partial charge in [0.25, 0.3) is 10.0 Å². The fraction of sp³-hybridized carbons (Fsp3) is 0.235. The average molecular weight is 742 g/mol. The van der Waals surface area contributed by atoms with E-state index in [0.29, 0.717) is 12.2 Å². The summed E-state index contributed by atoms with van der Waals surface area (Å²) in [6.45, 7) is 3.91. The molecule has 230 valence electrons. The van der Waals surface area contributed by atoms with Crippen LogP contribution in [0.15, 0.2) is 117 Å². The first kappa shape index (κ1) is 33.4. The fourth-order valence-corrected chi connectivity index (χ4v) is 6.62. The predicted octanol–water partition coefficient (Wildman–Crippen LogP) is 6.88. The molecule has 0 heterocycles. The molecule has 4 aromatic carbocycles. The Bertz CT molecular complexity index is 1650. The first-order chi connectivity index (χ1) is 21.1. The van der Waals surface area contributed by atoms with Crippen LogP contribution in [0.2, 0.25) is 0 Å². The van der Waals surface area contributed by atoms with E-state index in [2.05, 4.69) is 37.2 Å². The first-order valence-corrected chi connectivity index (χ1v) is 17.3. The van der Waals surface area contributed by atoms with Gasteiger partial charge in [0, 0.05) is 28.5 Å². The van der Waals surface area contributed by atoms with Crippen molar-refractivity contribution in [3.05, 3.63) is 129 Å². The Morgan fingerprint density at radius 3 is 1.98 bits per heavy atom. The number of nitrogens with one attached hydrogen (secondary N) is 1. The number of hydrogen-bond donors (Lipinski definition) is 1. The molecule has 7 nitrogen and oxygen atoms in total. The topological polar surface area (TPSA) is 86.8 Å². The third-order valence-corrected chi connectivity index (χ3v) is 9.93. The van der Waals surface area contributed by atoms with Crippen LogP contribution in [-0.4, -0.2) is 44.3 Å². The van der Waals surface area contributed by atoms with Crippen LogP contribution in [0.3, 0.4) is 0 Å². The maximum atomic E-state index is 14.4. The maximum absolute atomic E-state index is 14.4. The highest BCUT2D eigenvalue weighted by Gasteiger charge is 2.34. The molecule has 0 saturated heterocycles. The predicted molar refractivity (Wildman–Crippen MR) is 182 cm³/mol. The van der Waals surface area contributed by atoms with Crippen molar-refractivity contribution in [3.63, 3.8) is 0 Å². The lowest BCUT2D eigenvalue weighted by Crippen LogP contribution is -2.53. The van der Waals surface area contributed by atoms with Crippen LogP contribution < -0.4 is 9.62 Å². The summed E-state index contributed by atoms with van der Waals surface area (Å²) in [5, 5.41) is 2.96. The largest absolute Gasteiger partial charge is 0.354 e. The second-order valence-corrected chi connectivity index (χ2v) is 14.1. The normalized spacial score (nSPS) is 11.9. The van der Waals surface area contributed by atoms with Crippen LogP contribution in [0.1, 0.15) is 30.0 Å². The number of carbonyl (C=O) groups excluding carboxylic acids is 2. The van der Waals surface area contributed by atoms with Crippen molar-refractivity contribution in [1.29, 1.82) is 0 Å². The van der Waals surface area contributed by atoms with Crippen LogP contribution in [-0.2, 0) is 32.6 Å². The summed E-state index contributed by atoms with van der Waals surface area (Å²) >= 11 is 6.87. The minimum atomic E-state index is -4.15. The Morgan fingerprint density at radius 1 is 0.795 bits per heavy atom. The molecule has 0 aliphatic rings. The zero-order chi connectivity index (χ0) is 31.7. The van der Waals surface area contributed by atoms with E-state index in [1.54, 1.807) is 36.4 Å². The summed E-state index contributed by atoms with van der Waals surface area (Å²) in [4.78, 5) is 29.7. The molecule has 2 amide bonds. The van der Waals surface area contributed by atoms with E-state index in [9.17, 15) is 18.0 Å². The fourth-order valence-electron chi connectivity index (χ4n) is 4.68. The molecule has 10 heteroatoms. The van der Waals surface area contributed by atoms with Crippen molar-refractivity contribution >= 4 is 59.4 Å². The van der Waals surface area contributed by atoms with Gasteiger partial charge >= 0.3 is 0 Å². The quantitative estimate of drug-likeness (QED) is 0.162. The highest BCUT2D eigenvalue weighted by molar-refractivity contribution is 9.10. The van der Waals surface area contributed by atoms with Crippen LogP contribution in [0.25, 0.3) is 0 Å². The SMILES string of the molecule is CCCNC(=O)[C@@H](Cc1ccccc1)N(Cc1ccc(Br)cc1)C(=O)CN(c1ccc(Br)cc1)S(=O)(=O)c1ccc(C)cc1. The van der Waals surface area contributed by atoms with Crippen molar-refractivity contribution in [2.45, 2.75) is 44.2 Å². The van der Waals surface area contributed by atoms with Gasteiger partial charge in [-0.05, 0) is 73.0 Å². The summed E-state index contributed by atoms with van der Waals surface area (Å²) in [6, 6.07) is 29.4. The zero-order valence-corrected chi connectivity index (χ0v) is 28.6. The molecule has 0 aliphatic heterocycles. The number of sulfonamides is 1. The maximum Gasteiger partial charge on any atom is 0.264 e. The Morgan fingerprint density at radius 2 is 1.39 bits per heavy atom. The molecular formula is C34H35Br2N3O4S. The lowest BCUT2D eigenvalue weighted by Gasteiger charge is -2.34. The molecule has 0 spiro atoms. The minimum Gasteiger partial charge on any atom is -0.354 e. The van der Waals surface area contributed by atoms with Gasteiger partial charge in [0.05, 0.1) is 10.6 Å². The Kier molecular flexibility index (Phi) is 11.8. The molecular weight excluding hydrogens is 706 g/mol. The Hall–Kier alpha value is -3.47. The highest BCUT2D eigenvalue weighted by atomic mass is 79.9. The number of anilines is 1. The monoisotopic (exact) mass is 739 g/mol. The molecule has 4 aromatic rings. The average Bonchev–Trinajstić information content (AvgIpc) is 3.02. The van der Waals surface area contributed by atoms with Crippen LogP contribution in [0.4, 0.5) is 5.69 Å². The molecule has 0 radical (unpaired) electrons. The second-order valence-electron chi connectivity index (χ2n) is 10.4. The zero-order valence-electron chi connectivity index (χ0n) is 24.6. The van der Waals surface area contributed by atoms with E-state index in [4.69, 9.17) is 0 Å². The van der Waals surface area contributed by atoms with Crippen molar-refractivity contribution in [2.24, 2.45) is 0 Å². The van der Waals surface area contributed by atoms with Gasteiger partial charge in [-0.25, -0.2) is 8.42 Å². The lowest BCUT2D eigenvalue weighted by molar-refractivity contribution is -0.140. The van der Waals surface area contributed by atoms with Crippen LogP contribution in [0.5, 0.6) is 0 Å². The summed E-state index contributed by atoms with van der Waals surface area (Å²) < 4.78 is 30.9. The van der Waals surface area contributed by atoms with E-state index < -0.39 is 28.5 Å². The van der Waals surface area contributed by atoms with Crippen LogP contribution >= 0.6 is 31.9 Å². The van der Waals surface area contributed by atoms with E-state index in [0.717, 1.165) is 36.4 Å². The summed E-state index contributed by atoms with van der Waals surface area (Å²) in [5.41, 5.74) is 2.94. The third-order valence-electron chi connectivity index (χ3n) is 7.09. The van der Waals surface area contributed by atoms with Gasteiger partial charge in [-0.3, -0.25) is 13.9 Å². The first-order valence-electron chi connectivity index (χ1n) is 14.3. The summed E-state index contributed by atoms with van der Waals surface area (Å²) in [5.74, 6) is -0.795. The smallest absolute Gasteiger partial charge is 0.264 e. The summed E-state index contributed by atoms with van der Waals surface area (Å²) in [6.07, 6.45) is 0.998. The number of benzene rings is 4. The van der Waals surface area contributed by atoms with Gasteiger partial charge in [-0.2, -0.15) is 0 Å². The van der Waals surface area contributed by atoms with E-state index in [1.807, 2.05) is 68.4 Å². The number of carbonyl (C=O) groups is 2. The van der Waals surface area contributed by atoms with Gasteiger partial charge in [0.1, 0.15) is 12.6 Å². The third kappa shape index (κ3) is 8.80. The second kappa shape index (κ2) is 15.5. The van der Waals surface area contributed by atoms with Gasteiger partial charge in [0.15, 0.2) is 0 Å². The molecule has 0 aromatic heterocycles. The van der Waals surface area contributed by atoms with Crippen molar-refractivity contribution in [2.75, 3.05) is 17.4 Å². The molecule has 0 fully saturated rings. The van der Waals surface area contributed by atoms with E-state index in [-0.39, 0.29) is 23.8 Å². The molecule has 4 rings (SSSR count). The van der Waals surface area contributed by atoms with Gasteiger partial charge in [0.2, 0.25) is 11.8 Å². The number of halogens is 2. The molecule has 0 aliphatic carbocycles. The number of nitrogens with zero attached hydrogens (tertiary/aromatic N) is 2. The standard InChI is InChI=1S/C34H35Br2N3O4S/c1-3-21-37-34(41)32(22-26-7-5-4-6-8-26)38(23-27-11-13-28(35)14-12-27)33(40)24-39(30-17-15-29(36)16-18-30)44(42,43)31-19-9-25(2)10-20-31/h4-20,32H,3,21-24H2,1-2H3,(H,37,41)/t32-/m1/s1. The highest BCUT2D eigenvalue weighted by Crippen LogP contribution is 2.27. The number of amides is 2. The number of rotatable bonds is 13. The van der Waals surface area contributed by atoms with Gasteiger partial charge in [-0.1, -0.05) is 98.9 Å². The molecule has 0 bridgehead atoms. The Balaban J connectivity index is 1.78. The van der Waals surface area contributed by atoms with Crippen molar-refractivity contribution in [3.8, 4) is 0 Å². The minimum absolute atomic E-state index is 0.0693. The van der Waals surface area contributed by atoms with E-state index >= 15 is 0 Å². The molecule has 1 N–H and O–H groups in total. The summed E-state index contributed by atoms with van der Waals surface area (Å²) in [7, 11) is -4.15. The number of aryl methyl sites for hydroxylation is 1. The Labute approximate surface area is 276 Å². The number of hydrogen-bond acceptors (Lipinski definition) is 4. The molecule has 0 saturated carbocycles.